The van der Waals surface area contributed by atoms with Crippen molar-refractivity contribution in [2.75, 3.05) is 28.4 Å². The van der Waals surface area contributed by atoms with Crippen LogP contribution in [0, 0.1) is 0 Å². The zero-order valence-corrected chi connectivity index (χ0v) is 16.4. The molecule has 0 aliphatic carbocycles. The molecule has 0 saturated carbocycles. The lowest BCUT2D eigenvalue weighted by atomic mass is 10.1. The number of carbonyl (C=O) groups is 1. The van der Waals surface area contributed by atoms with Gasteiger partial charge in [-0.25, -0.2) is 9.59 Å². The number of hydrogen-bond acceptors (Lipinski definition) is 8. The van der Waals surface area contributed by atoms with Gasteiger partial charge in [0.05, 0.1) is 34.0 Å². The molecule has 29 heavy (non-hydrogen) atoms. The Morgan fingerprint density at radius 3 is 2.17 bits per heavy atom. The van der Waals surface area contributed by atoms with E-state index in [2.05, 4.69) is 0 Å². The lowest BCUT2D eigenvalue weighted by molar-refractivity contribution is 0.0473. The Labute approximate surface area is 166 Å². The highest BCUT2D eigenvalue weighted by molar-refractivity contribution is 5.91. The molecule has 0 radical (unpaired) electrons. The van der Waals surface area contributed by atoms with Crippen molar-refractivity contribution in [2.45, 2.75) is 6.61 Å². The molecule has 0 saturated heterocycles. The molecule has 0 amide bonds. The summed E-state index contributed by atoms with van der Waals surface area (Å²) in [6, 6.07) is 9.34. The minimum atomic E-state index is -0.612. The Morgan fingerprint density at radius 1 is 0.897 bits per heavy atom. The van der Waals surface area contributed by atoms with E-state index in [0.29, 0.717) is 39.5 Å². The molecule has 0 unspecified atom stereocenters. The van der Waals surface area contributed by atoms with Crippen molar-refractivity contribution < 1.29 is 32.9 Å². The number of rotatable bonds is 7. The van der Waals surface area contributed by atoms with Gasteiger partial charge in [0.25, 0.3) is 0 Å². The van der Waals surface area contributed by atoms with Crippen molar-refractivity contribution in [3.05, 3.63) is 57.9 Å². The molecule has 0 aliphatic heterocycles. The standard InChI is InChI=1S/C21H20O8/c1-24-14-5-6-15-13(9-19(22)29-16(15)10-14)11-28-21(23)12-7-17(25-2)20(27-4)18(8-12)26-3/h5-10H,11H2,1-4H3. The van der Waals surface area contributed by atoms with Crippen LogP contribution in [0.3, 0.4) is 0 Å². The van der Waals surface area contributed by atoms with Crippen LogP contribution in [-0.2, 0) is 11.3 Å². The maximum atomic E-state index is 12.6. The molecule has 3 rings (SSSR count). The normalized spacial score (nSPS) is 10.5. The molecule has 8 nitrogen and oxygen atoms in total. The molecular weight excluding hydrogens is 380 g/mol. The molecule has 8 heteroatoms. The minimum absolute atomic E-state index is 0.121. The SMILES string of the molecule is COc1ccc2c(COC(=O)c3cc(OC)c(OC)c(OC)c3)cc(=O)oc2c1. The zero-order chi connectivity index (χ0) is 21.0. The summed E-state index contributed by atoms with van der Waals surface area (Å²) in [5, 5.41) is 0.642. The fourth-order valence-electron chi connectivity index (χ4n) is 2.88. The molecule has 0 aliphatic rings. The summed E-state index contributed by atoms with van der Waals surface area (Å²) in [6.07, 6.45) is 0. The van der Waals surface area contributed by atoms with E-state index in [9.17, 15) is 9.59 Å². The molecule has 3 aromatic rings. The van der Waals surface area contributed by atoms with Gasteiger partial charge in [-0.1, -0.05) is 0 Å². The van der Waals surface area contributed by atoms with E-state index in [0.717, 1.165) is 0 Å². The lowest BCUT2D eigenvalue weighted by Gasteiger charge is -2.14. The summed E-state index contributed by atoms with van der Waals surface area (Å²) in [5.74, 6) is 0.965. The van der Waals surface area contributed by atoms with E-state index in [1.54, 1.807) is 18.2 Å². The van der Waals surface area contributed by atoms with Gasteiger partial charge in [-0.3, -0.25) is 0 Å². The van der Waals surface area contributed by atoms with Crippen molar-refractivity contribution in [3.8, 4) is 23.0 Å². The van der Waals surface area contributed by atoms with Crippen LogP contribution in [-0.4, -0.2) is 34.4 Å². The number of ether oxygens (including phenoxy) is 5. The van der Waals surface area contributed by atoms with Crippen LogP contribution in [0.25, 0.3) is 11.0 Å². The Kier molecular flexibility index (Phi) is 5.92. The second-order valence-electron chi connectivity index (χ2n) is 5.94. The van der Waals surface area contributed by atoms with Crippen LogP contribution in [0.2, 0.25) is 0 Å². The fraction of sp³-hybridized carbons (Fsp3) is 0.238. The second kappa shape index (κ2) is 8.55. The van der Waals surface area contributed by atoms with Crippen LogP contribution in [0.4, 0.5) is 0 Å². The van der Waals surface area contributed by atoms with Gasteiger partial charge in [-0.2, -0.15) is 0 Å². The first-order chi connectivity index (χ1) is 14.0. The van der Waals surface area contributed by atoms with Gasteiger partial charge < -0.3 is 28.1 Å². The zero-order valence-electron chi connectivity index (χ0n) is 16.4. The van der Waals surface area contributed by atoms with Crippen LogP contribution < -0.4 is 24.6 Å². The minimum Gasteiger partial charge on any atom is -0.497 e. The van der Waals surface area contributed by atoms with Crippen molar-refractivity contribution in [1.82, 2.24) is 0 Å². The highest BCUT2D eigenvalue weighted by Crippen LogP contribution is 2.38. The largest absolute Gasteiger partial charge is 0.497 e. The summed E-state index contributed by atoms with van der Waals surface area (Å²) >= 11 is 0. The molecule has 2 aromatic carbocycles. The Morgan fingerprint density at radius 2 is 1.59 bits per heavy atom. The van der Waals surface area contributed by atoms with Crippen molar-refractivity contribution in [3.63, 3.8) is 0 Å². The van der Waals surface area contributed by atoms with Gasteiger partial charge in [0.1, 0.15) is 17.9 Å². The van der Waals surface area contributed by atoms with Gasteiger partial charge in [-0.05, 0) is 24.3 Å². The number of fused-ring (bicyclic) bond motifs is 1. The molecule has 0 bridgehead atoms. The quantitative estimate of drug-likeness (QED) is 0.441. The fourth-order valence-corrected chi connectivity index (χ4v) is 2.88. The first-order valence-corrected chi connectivity index (χ1v) is 8.58. The lowest BCUT2D eigenvalue weighted by Crippen LogP contribution is -2.09. The van der Waals surface area contributed by atoms with Gasteiger partial charge >= 0.3 is 11.6 Å². The Bertz CT molecular complexity index is 1070. The van der Waals surface area contributed by atoms with Gasteiger partial charge in [0, 0.05) is 23.1 Å². The van der Waals surface area contributed by atoms with E-state index in [-0.39, 0.29) is 12.2 Å². The highest BCUT2D eigenvalue weighted by atomic mass is 16.5. The maximum absolute atomic E-state index is 12.6. The predicted octanol–water partition coefficient (Wildman–Crippen LogP) is 3.18. The van der Waals surface area contributed by atoms with Crippen LogP contribution >= 0.6 is 0 Å². The number of methoxy groups -OCH3 is 4. The van der Waals surface area contributed by atoms with Crippen molar-refractivity contribution in [2.24, 2.45) is 0 Å². The number of esters is 1. The third-order valence-corrected chi connectivity index (χ3v) is 4.30. The summed E-state index contributed by atoms with van der Waals surface area (Å²) in [5.41, 5.74) is 0.522. The highest BCUT2D eigenvalue weighted by Gasteiger charge is 2.18. The molecule has 0 fully saturated rings. The van der Waals surface area contributed by atoms with Crippen molar-refractivity contribution in [1.29, 1.82) is 0 Å². The summed E-state index contributed by atoms with van der Waals surface area (Å²) in [6.45, 7) is -0.121. The Balaban J connectivity index is 1.89. The van der Waals surface area contributed by atoms with Gasteiger partial charge in [-0.15, -0.1) is 0 Å². The average molecular weight is 400 g/mol. The number of carbonyl (C=O) groups excluding carboxylic acids is 1. The summed E-state index contributed by atoms with van der Waals surface area (Å²) in [4.78, 5) is 24.4. The van der Waals surface area contributed by atoms with Gasteiger partial charge in [0.2, 0.25) is 5.75 Å². The first kappa shape index (κ1) is 20.1. The first-order valence-electron chi connectivity index (χ1n) is 8.58. The molecule has 152 valence electrons. The third-order valence-electron chi connectivity index (χ3n) is 4.30. The smallest absolute Gasteiger partial charge is 0.338 e. The second-order valence-corrected chi connectivity index (χ2v) is 5.94. The monoisotopic (exact) mass is 400 g/mol. The van der Waals surface area contributed by atoms with E-state index in [1.165, 1.54) is 46.6 Å². The topological polar surface area (TPSA) is 93.4 Å². The average Bonchev–Trinajstić information content (AvgIpc) is 2.75. The maximum Gasteiger partial charge on any atom is 0.338 e. The summed E-state index contributed by atoms with van der Waals surface area (Å²) in [7, 11) is 5.90. The van der Waals surface area contributed by atoms with E-state index in [4.69, 9.17) is 28.1 Å². The van der Waals surface area contributed by atoms with E-state index < -0.39 is 11.6 Å². The molecule has 0 spiro atoms. The molecule has 1 heterocycles. The predicted molar refractivity (Wildman–Crippen MR) is 104 cm³/mol. The van der Waals surface area contributed by atoms with Crippen LogP contribution in [0.1, 0.15) is 15.9 Å². The number of benzene rings is 2. The van der Waals surface area contributed by atoms with E-state index >= 15 is 0 Å². The van der Waals surface area contributed by atoms with Crippen LogP contribution in [0.15, 0.2) is 45.6 Å². The number of hydrogen-bond donors (Lipinski definition) is 0. The van der Waals surface area contributed by atoms with Gasteiger partial charge in [0.15, 0.2) is 11.5 Å². The van der Waals surface area contributed by atoms with Crippen molar-refractivity contribution >= 4 is 16.9 Å². The Hall–Kier alpha value is -3.68. The summed E-state index contributed by atoms with van der Waals surface area (Å²) < 4.78 is 31.5. The molecular formula is C21H20O8. The van der Waals surface area contributed by atoms with Crippen LogP contribution in [0.5, 0.6) is 23.0 Å². The molecule has 0 N–H and O–H groups in total. The third kappa shape index (κ3) is 4.11. The molecule has 0 atom stereocenters. The molecule has 1 aromatic heterocycles. The van der Waals surface area contributed by atoms with E-state index in [1.807, 2.05) is 0 Å².